The lowest BCUT2D eigenvalue weighted by Gasteiger charge is -2.47. The number of amides is 2. The molecule has 4 aliphatic rings. The highest BCUT2D eigenvalue weighted by Gasteiger charge is 2.48. The third-order valence-electron chi connectivity index (χ3n) is 8.97. The largest absolute Gasteiger partial charge is 0.493 e. The van der Waals surface area contributed by atoms with Gasteiger partial charge in [-0.05, 0) is 80.1 Å². The predicted octanol–water partition coefficient (Wildman–Crippen LogP) is 4.02. The number of fused-ring (bicyclic) bond motifs is 4. The Hall–Kier alpha value is -3.06. The van der Waals surface area contributed by atoms with Crippen molar-refractivity contribution in [1.82, 2.24) is 14.7 Å². The van der Waals surface area contributed by atoms with Gasteiger partial charge in [-0.1, -0.05) is 24.6 Å². The first-order valence-corrected chi connectivity index (χ1v) is 13.8. The lowest BCUT2D eigenvalue weighted by Crippen LogP contribution is -2.53. The van der Waals surface area contributed by atoms with Gasteiger partial charge in [0.15, 0.2) is 11.5 Å². The normalized spacial score (nSPS) is 24.2. The minimum Gasteiger partial charge on any atom is -0.493 e. The Balaban J connectivity index is 1.35. The van der Waals surface area contributed by atoms with Crippen LogP contribution in [0.1, 0.15) is 71.1 Å². The first-order valence-electron chi connectivity index (χ1n) is 13.8. The molecule has 0 unspecified atom stereocenters. The molecular formula is C30H37N3O4. The van der Waals surface area contributed by atoms with Crippen molar-refractivity contribution in [2.24, 2.45) is 0 Å². The summed E-state index contributed by atoms with van der Waals surface area (Å²) in [7, 11) is 3.26. The lowest BCUT2D eigenvalue weighted by atomic mass is 9.75. The molecule has 4 aliphatic heterocycles. The van der Waals surface area contributed by atoms with Gasteiger partial charge in [-0.15, -0.1) is 0 Å². The fourth-order valence-corrected chi connectivity index (χ4v) is 7.05. The molecule has 6 rings (SSSR count). The summed E-state index contributed by atoms with van der Waals surface area (Å²) in [6.07, 6.45) is 6.68. The molecule has 2 fully saturated rings. The summed E-state index contributed by atoms with van der Waals surface area (Å²) in [5, 5.41) is 0. The van der Waals surface area contributed by atoms with Crippen LogP contribution >= 0.6 is 0 Å². The molecule has 0 N–H and O–H groups in total. The van der Waals surface area contributed by atoms with Crippen molar-refractivity contribution < 1.29 is 19.1 Å². The molecule has 196 valence electrons. The average Bonchev–Trinajstić information content (AvgIpc) is 2.96. The van der Waals surface area contributed by atoms with Crippen LogP contribution in [0.3, 0.4) is 0 Å². The number of rotatable bonds is 4. The first kappa shape index (κ1) is 24.3. The number of likely N-dealkylation sites (tertiary alicyclic amines) is 2. The summed E-state index contributed by atoms with van der Waals surface area (Å²) in [5.74, 6) is 1.02. The quantitative estimate of drug-likeness (QED) is 0.631. The van der Waals surface area contributed by atoms with Crippen molar-refractivity contribution >= 4 is 11.8 Å². The highest BCUT2D eigenvalue weighted by Crippen LogP contribution is 2.49. The highest BCUT2D eigenvalue weighted by atomic mass is 16.5. The first-order chi connectivity index (χ1) is 18.1. The number of piperidine rings is 2. The van der Waals surface area contributed by atoms with Crippen LogP contribution in [0.15, 0.2) is 36.4 Å². The fraction of sp³-hybridized carbons (Fsp3) is 0.533. The van der Waals surface area contributed by atoms with Crippen molar-refractivity contribution in [2.45, 2.75) is 56.5 Å². The van der Waals surface area contributed by atoms with E-state index in [2.05, 4.69) is 9.80 Å². The molecule has 0 radical (unpaired) electrons. The van der Waals surface area contributed by atoms with Gasteiger partial charge in [0.1, 0.15) is 0 Å². The van der Waals surface area contributed by atoms with Gasteiger partial charge in [0.2, 0.25) is 5.91 Å². The third kappa shape index (κ3) is 4.17. The number of nitrogens with zero attached hydrogens (tertiary/aromatic N) is 3. The van der Waals surface area contributed by atoms with Gasteiger partial charge in [-0.3, -0.25) is 9.59 Å². The molecule has 0 aliphatic carbocycles. The van der Waals surface area contributed by atoms with Gasteiger partial charge in [0.05, 0.1) is 26.2 Å². The molecule has 37 heavy (non-hydrogen) atoms. The lowest BCUT2D eigenvalue weighted by molar-refractivity contribution is -0.136. The number of hydrogen-bond donors (Lipinski definition) is 0. The molecule has 2 saturated heterocycles. The molecule has 2 aromatic carbocycles. The molecule has 2 aromatic rings. The monoisotopic (exact) mass is 503 g/mol. The van der Waals surface area contributed by atoms with E-state index >= 15 is 0 Å². The molecule has 0 bridgehead atoms. The zero-order valence-electron chi connectivity index (χ0n) is 21.9. The summed E-state index contributed by atoms with van der Waals surface area (Å²) in [6.45, 7) is 4.52. The number of benzene rings is 2. The van der Waals surface area contributed by atoms with E-state index in [9.17, 15) is 9.59 Å². The number of carbonyl (C=O) groups excluding carboxylic acids is 2. The molecular weight excluding hydrogens is 466 g/mol. The van der Waals surface area contributed by atoms with Gasteiger partial charge in [-0.25, -0.2) is 0 Å². The summed E-state index contributed by atoms with van der Waals surface area (Å²) in [6, 6.07) is 11.9. The van der Waals surface area contributed by atoms with E-state index in [0.717, 1.165) is 49.0 Å². The van der Waals surface area contributed by atoms with Crippen LogP contribution in [0.4, 0.5) is 0 Å². The molecule has 7 heteroatoms. The Morgan fingerprint density at radius 1 is 0.865 bits per heavy atom. The maximum absolute atomic E-state index is 14.4. The predicted molar refractivity (Wildman–Crippen MR) is 141 cm³/mol. The van der Waals surface area contributed by atoms with Gasteiger partial charge in [0, 0.05) is 31.2 Å². The summed E-state index contributed by atoms with van der Waals surface area (Å²) in [4.78, 5) is 34.6. The maximum atomic E-state index is 14.4. The summed E-state index contributed by atoms with van der Waals surface area (Å²) >= 11 is 0. The second-order valence-corrected chi connectivity index (χ2v) is 10.8. The number of hydrogen-bond acceptors (Lipinski definition) is 5. The van der Waals surface area contributed by atoms with Crippen LogP contribution in [0.25, 0.3) is 0 Å². The number of carbonyl (C=O) groups is 2. The van der Waals surface area contributed by atoms with Gasteiger partial charge < -0.3 is 24.2 Å². The van der Waals surface area contributed by atoms with E-state index in [4.69, 9.17) is 9.47 Å². The molecule has 0 saturated carbocycles. The van der Waals surface area contributed by atoms with E-state index in [1.807, 2.05) is 41.3 Å². The topological polar surface area (TPSA) is 62.3 Å². The van der Waals surface area contributed by atoms with Crippen molar-refractivity contribution in [1.29, 1.82) is 0 Å². The van der Waals surface area contributed by atoms with Crippen LogP contribution in [0.5, 0.6) is 11.5 Å². The van der Waals surface area contributed by atoms with Crippen LogP contribution in [0, 0.1) is 0 Å². The summed E-state index contributed by atoms with van der Waals surface area (Å²) in [5.41, 5.74) is 3.62. The molecule has 4 heterocycles. The second kappa shape index (κ2) is 10.0. The van der Waals surface area contributed by atoms with Gasteiger partial charge in [-0.2, -0.15) is 0 Å². The van der Waals surface area contributed by atoms with Crippen molar-refractivity contribution in [3.63, 3.8) is 0 Å². The van der Waals surface area contributed by atoms with Crippen molar-refractivity contribution in [3.8, 4) is 11.5 Å². The Morgan fingerprint density at radius 2 is 1.57 bits per heavy atom. The molecule has 0 spiro atoms. The van der Waals surface area contributed by atoms with E-state index in [1.165, 1.54) is 32.4 Å². The average molecular weight is 504 g/mol. The highest BCUT2D eigenvalue weighted by molar-refractivity contribution is 6.01. The van der Waals surface area contributed by atoms with Crippen LogP contribution in [-0.4, -0.2) is 79.5 Å². The van der Waals surface area contributed by atoms with Gasteiger partial charge in [0.25, 0.3) is 5.91 Å². The molecule has 7 nitrogen and oxygen atoms in total. The van der Waals surface area contributed by atoms with Crippen molar-refractivity contribution in [3.05, 3.63) is 58.7 Å². The standard InChI is InChI=1S/C30H37N3O4/c1-36-25-18-20-10-17-33-28(24(20)19-26(25)37-2)27(22-8-4-5-9-23(22)29(33)34)30(35)32-15-11-21(12-16-32)31-13-6-3-7-14-31/h4-5,8-9,18-19,21,27-28H,3,6-7,10-17H2,1-2H3/t27-,28-/m1/s1. The Kier molecular flexibility index (Phi) is 6.57. The molecule has 2 amide bonds. The minimum absolute atomic E-state index is 0.00823. The molecule has 0 aromatic heterocycles. The van der Waals surface area contributed by atoms with Crippen molar-refractivity contribution in [2.75, 3.05) is 46.9 Å². The number of methoxy groups -OCH3 is 2. The van der Waals surface area contributed by atoms with E-state index < -0.39 is 5.92 Å². The Labute approximate surface area is 219 Å². The van der Waals surface area contributed by atoms with Crippen LogP contribution in [0.2, 0.25) is 0 Å². The van der Waals surface area contributed by atoms with E-state index in [1.54, 1.807) is 14.2 Å². The fourth-order valence-electron chi connectivity index (χ4n) is 7.05. The number of ether oxygens (including phenoxy) is 2. The third-order valence-corrected chi connectivity index (χ3v) is 8.97. The second-order valence-electron chi connectivity index (χ2n) is 10.8. The van der Waals surface area contributed by atoms with E-state index in [-0.39, 0.29) is 17.9 Å². The van der Waals surface area contributed by atoms with Gasteiger partial charge >= 0.3 is 0 Å². The van der Waals surface area contributed by atoms with E-state index in [0.29, 0.717) is 29.6 Å². The Morgan fingerprint density at radius 3 is 2.30 bits per heavy atom. The molecule has 2 atom stereocenters. The SMILES string of the molecule is COc1cc2c(cc1OC)[C@@H]1[C@H](C(=O)N3CCC(N4CCCCC4)CC3)c3ccccc3C(=O)N1CC2. The Bertz CT molecular complexity index is 1180. The maximum Gasteiger partial charge on any atom is 0.254 e. The smallest absolute Gasteiger partial charge is 0.254 e. The zero-order chi connectivity index (χ0) is 25.5. The zero-order valence-corrected chi connectivity index (χ0v) is 21.9. The van der Waals surface area contributed by atoms with Crippen LogP contribution in [-0.2, 0) is 11.2 Å². The summed E-state index contributed by atoms with van der Waals surface area (Å²) < 4.78 is 11.2. The van der Waals surface area contributed by atoms with Crippen LogP contribution < -0.4 is 9.47 Å². The minimum atomic E-state index is -0.433.